The van der Waals surface area contributed by atoms with Gasteiger partial charge >= 0.3 is 0 Å². The average Bonchev–Trinajstić information content (AvgIpc) is 2.49. The zero-order valence-electron chi connectivity index (χ0n) is 13.6. The van der Waals surface area contributed by atoms with Crippen molar-refractivity contribution < 1.29 is 13.2 Å². The van der Waals surface area contributed by atoms with Gasteiger partial charge in [0.2, 0.25) is 0 Å². The highest BCUT2D eigenvalue weighted by atomic mass is 32.2. The second-order valence-electron chi connectivity index (χ2n) is 5.76. The van der Waals surface area contributed by atoms with Crippen LogP contribution in [0.15, 0.2) is 42.5 Å². The minimum absolute atomic E-state index is 0.0561. The highest BCUT2D eigenvalue weighted by molar-refractivity contribution is 7.90. The van der Waals surface area contributed by atoms with E-state index in [2.05, 4.69) is 37.4 Å². The number of rotatable bonds is 5. The Bertz CT molecular complexity index is 809. The summed E-state index contributed by atoms with van der Waals surface area (Å²) in [6, 6.07) is 13.6. The average molecular weight is 331 g/mol. The molecular formula is C18H21NO3S. The molecular weight excluding hydrogens is 310 g/mol. The van der Waals surface area contributed by atoms with Crippen molar-refractivity contribution in [3.63, 3.8) is 0 Å². The molecule has 23 heavy (non-hydrogen) atoms. The lowest BCUT2D eigenvalue weighted by atomic mass is 9.99. The van der Waals surface area contributed by atoms with Crippen molar-refractivity contribution in [3.8, 4) is 11.1 Å². The minimum atomic E-state index is -3.07. The molecule has 0 bridgehead atoms. The van der Waals surface area contributed by atoms with Crippen LogP contribution >= 0.6 is 0 Å². The number of hydrogen-bond donors (Lipinski definition) is 1. The molecule has 0 atom stereocenters. The van der Waals surface area contributed by atoms with Crippen molar-refractivity contribution in [1.82, 2.24) is 5.32 Å². The first kappa shape index (κ1) is 17.2. The summed E-state index contributed by atoms with van der Waals surface area (Å²) >= 11 is 0. The van der Waals surface area contributed by atoms with Crippen LogP contribution in [0, 0.1) is 13.8 Å². The second-order valence-corrected chi connectivity index (χ2v) is 8.02. The van der Waals surface area contributed by atoms with Crippen molar-refractivity contribution in [1.29, 1.82) is 0 Å². The number of carbonyl (C=O) groups excluding carboxylic acids is 1. The molecule has 2 rings (SSSR count). The zero-order valence-corrected chi connectivity index (χ0v) is 14.4. The number of sulfone groups is 1. The van der Waals surface area contributed by atoms with Gasteiger partial charge in [-0.25, -0.2) is 8.42 Å². The van der Waals surface area contributed by atoms with Crippen LogP contribution in [0.4, 0.5) is 0 Å². The normalized spacial score (nSPS) is 11.3. The van der Waals surface area contributed by atoms with E-state index in [0.29, 0.717) is 5.56 Å². The summed E-state index contributed by atoms with van der Waals surface area (Å²) in [6.45, 7) is 4.27. The summed E-state index contributed by atoms with van der Waals surface area (Å²) in [6.07, 6.45) is 1.15. The molecule has 0 aliphatic carbocycles. The Balaban J connectivity index is 2.06. The number of nitrogens with one attached hydrogen (secondary N) is 1. The van der Waals surface area contributed by atoms with Crippen LogP contribution in [0.3, 0.4) is 0 Å². The molecule has 0 heterocycles. The van der Waals surface area contributed by atoms with Gasteiger partial charge in [0.1, 0.15) is 9.84 Å². The molecule has 2 aromatic carbocycles. The first-order valence-electron chi connectivity index (χ1n) is 7.40. The van der Waals surface area contributed by atoms with Gasteiger partial charge in [0.05, 0.1) is 5.75 Å². The third-order valence-corrected chi connectivity index (χ3v) is 4.69. The quantitative estimate of drug-likeness (QED) is 0.916. The maximum absolute atomic E-state index is 12.0. The minimum Gasteiger partial charge on any atom is -0.351 e. The summed E-state index contributed by atoms with van der Waals surface area (Å²) < 4.78 is 22.1. The van der Waals surface area contributed by atoms with Gasteiger partial charge in [-0.05, 0) is 48.2 Å². The van der Waals surface area contributed by atoms with Crippen molar-refractivity contribution in [3.05, 3.63) is 59.2 Å². The number of carbonyl (C=O) groups is 1. The highest BCUT2D eigenvalue weighted by Crippen LogP contribution is 2.22. The van der Waals surface area contributed by atoms with Crippen LogP contribution in [0.2, 0.25) is 0 Å². The van der Waals surface area contributed by atoms with Crippen LogP contribution in [-0.4, -0.2) is 32.9 Å². The van der Waals surface area contributed by atoms with Gasteiger partial charge in [-0.15, -0.1) is 0 Å². The Labute approximate surface area is 137 Å². The fraction of sp³-hybridized carbons (Fsp3) is 0.278. The summed E-state index contributed by atoms with van der Waals surface area (Å²) in [7, 11) is -3.07. The van der Waals surface area contributed by atoms with Crippen molar-refractivity contribution in [2.75, 3.05) is 18.6 Å². The SMILES string of the molecule is Cc1ccc(-c2ccc(C(=O)NCCS(C)(=O)=O)cc2)cc1C. The Kier molecular flexibility index (Phi) is 5.21. The molecule has 0 aliphatic rings. The smallest absolute Gasteiger partial charge is 0.251 e. The Morgan fingerprint density at radius 3 is 2.13 bits per heavy atom. The van der Waals surface area contributed by atoms with E-state index >= 15 is 0 Å². The summed E-state index contributed by atoms with van der Waals surface area (Å²) in [5.41, 5.74) is 5.14. The molecule has 0 radical (unpaired) electrons. The standard InChI is InChI=1S/C18H21NO3S/c1-13-4-5-17(12-14(13)2)15-6-8-16(9-7-15)18(20)19-10-11-23(3,21)22/h4-9,12H,10-11H2,1-3H3,(H,19,20). The van der Waals surface area contributed by atoms with Gasteiger partial charge in [0.25, 0.3) is 5.91 Å². The Morgan fingerprint density at radius 2 is 1.57 bits per heavy atom. The topological polar surface area (TPSA) is 63.2 Å². The molecule has 0 spiro atoms. The monoisotopic (exact) mass is 331 g/mol. The van der Waals surface area contributed by atoms with Gasteiger partial charge < -0.3 is 5.32 Å². The molecule has 122 valence electrons. The number of amides is 1. The number of hydrogen-bond acceptors (Lipinski definition) is 3. The van der Waals surface area contributed by atoms with Crippen LogP contribution in [0.1, 0.15) is 21.5 Å². The third kappa shape index (κ3) is 4.93. The molecule has 0 saturated carbocycles. The highest BCUT2D eigenvalue weighted by Gasteiger charge is 2.08. The van der Waals surface area contributed by atoms with Gasteiger partial charge in [0.15, 0.2) is 0 Å². The van der Waals surface area contributed by atoms with Crippen LogP contribution in [0.5, 0.6) is 0 Å². The van der Waals surface area contributed by atoms with Gasteiger partial charge in [-0.3, -0.25) is 4.79 Å². The van der Waals surface area contributed by atoms with Crippen LogP contribution in [-0.2, 0) is 9.84 Å². The fourth-order valence-corrected chi connectivity index (χ4v) is 2.66. The molecule has 1 amide bonds. The molecule has 0 aromatic heterocycles. The van der Waals surface area contributed by atoms with Gasteiger partial charge in [-0.2, -0.15) is 0 Å². The molecule has 4 nitrogen and oxygen atoms in total. The predicted molar refractivity (Wildman–Crippen MR) is 93.4 cm³/mol. The maximum atomic E-state index is 12.0. The Morgan fingerprint density at radius 1 is 0.957 bits per heavy atom. The largest absolute Gasteiger partial charge is 0.351 e. The molecule has 5 heteroatoms. The van der Waals surface area contributed by atoms with E-state index < -0.39 is 9.84 Å². The Hall–Kier alpha value is -2.14. The van der Waals surface area contributed by atoms with E-state index in [1.54, 1.807) is 12.1 Å². The summed E-state index contributed by atoms with van der Waals surface area (Å²) in [5.74, 6) is -0.320. The van der Waals surface area contributed by atoms with Gasteiger partial charge in [0, 0.05) is 18.4 Å². The summed E-state index contributed by atoms with van der Waals surface area (Å²) in [5, 5.41) is 2.61. The van der Waals surface area contributed by atoms with Crippen LogP contribution in [0.25, 0.3) is 11.1 Å². The first-order valence-corrected chi connectivity index (χ1v) is 9.46. The first-order chi connectivity index (χ1) is 10.8. The number of aryl methyl sites for hydroxylation is 2. The lowest BCUT2D eigenvalue weighted by Crippen LogP contribution is -2.28. The molecule has 1 N–H and O–H groups in total. The van der Waals surface area contributed by atoms with Crippen LogP contribution < -0.4 is 5.32 Å². The second kappa shape index (κ2) is 6.96. The zero-order chi connectivity index (χ0) is 17.0. The van der Waals surface area contributed by atoms with E-state index in [1.165, 1.54) is 11.1 Å². The summed E-state index contributed by atoms with van der Waals surface area (Å²) in [4.78, 5) is 12.0. The molecule has 0 fully saturated rings. The van der Waals surface area contributed by atoms with E-state index in [-0.39, 0.29) is 18.2 Å². The molecule has 0 unspecified atom stereocenters. The number of benzene rings is 2. The maximum Gasteiger partial charge on any atom is 0.251 e. The third-order valence-electron chi connectivity index (χ3n) is 3.75. The van der Waals surface area contributed by atoms with Crippen molar-refractivity contribution in [2.45, 2.75) is 13.8 Å². The van der Waals surface area contributed by atoms with Crippen molar-refractivity contribution in [2.24, 2.45) is 0 Å². The van der Waals surface area contributed by atoms with E-state index in [1.807, 2.05) is 12.1 Å². The molecule has 0 saturated heterocycles. The lowest BCUT2D eigenvalue weighted by Gasteiger charge is -2.08. The lowest BCUT2D eigenvalue weighted by molar-refractivity contribution is 0.0956. The fourth-order valence-electron chi connectivity index (χ4n) is 2.19. The predicted octanol–water partition coefficient (Wildman–Crippen LogP) is 2.74. The molecule has 2 aromatic rings. The van der Waals surface area contributed by atoms with E-state index in [4.69, 9.17) is 0 Å². The van der Waals surface area contributed by atoms with E-state index in [0.717, 1.165) is 17.4 Å². The van der Waals surface area contributed by atoms with E-state index in [9.17, 15) is 13.2 Å². The molecule has 0 aliphatic heterocycles. The van der Waals surface area contributed by atoms with Gasteiger partial charge in [-0.1, -0.05) is 30.3 Å². The van der Waals surface area contributed by atoms with Crippen molar-refractivity contribution >= 4 is 15.7 Å².